The van der Waals surface area contributed by atoms with Crippen molar-refractivity contribution >= 4 is 18.0 Å². The molecule has 0 rings (SSSR count). The number of nitrogens with one attached hydrogen (secondary N) is 2. The first-order chi connectivity index (χ1) is 8.38. The van der Waals surface area contributed by atoms with Gasteiger partial charge in [0.25, 0.3) is 0 Å². The predicted molar refractivity (Wildman–Crippen MR) is 63.4 cm³/mol. The van der Waals surface area contributed by atoms with E-state index >= 15 is 0 Å². The van der Waals surface area contributed by atoms with Crippen LogP contribution in [0.15, 0.2) is 0 Å². The summed E-state index contributed by atoms with van der Waals surface area (Å²) in [5, 5.41) is 22.4. The number of aliphatic carboxylic acids is 2. The Morgan fingerprint density at radius 1 is 1.28 bits per heavy atom. The summed E-state index contributed by atoms with van der Waals surface area (Å²) in [6.07, 6.45) is 0.0719. The number of rotatable bonds is 8. The Kier molecular flexibility index (Phi) is 7.45. The zero-order valence-electron chi connectivity index (χ0n) is 10.5. The summed E-state index contributed by atoms with van der Waals surface area (Å²) < 4.78 is 0. The number of hydrogen-bond donors (Lipinski definition) is 4. The Bertz CT molecular complexity index is 308. The highest BCUT2D eigenvalue weighted by atomic mass is 16.4. The van der Waals surface area contributed by atoms with Crippen LogP contribution in [0.5, 0.6) is 0 Å². The lowest BCUT2D eigenvalue weighted by molar-refractivity contribution is -0.145. The Morgan fingerprint density at radius 2 is 1.89 bits per heavy atom. The van der Waals surface area contributed by atoms with Crippen LogP contribution in [0, 0.1) is 0 Å². The molecule has 0 aliphatic carbocycles. The molecule has 18 heavy (non-hydrogen) atoms. The zero-order valence-corrected chi connectivity index (χ0v) is 10.5. The van der Waals surface area contributed by atoms with Crippen LogP contribution in [0.25, 0.3) is 0 Å². The van der Waals surface area contributed by atoms with Gasteiger partial charge in [-0.15, -0.1) is 0 Å². The minimum absolute atomic E-state index is 0.450. The van der Waals surface area contributed by atoms with Crippen molar-refractivity contribution < 1.29 is 24.6 Å². The highest BCUT2D eigenvalue weighted by Gasteiger charge is 2.24. The van der Waals surface area contributed by atoms with E-state index in [0.717, 1.165) is 13.0 Å². The molecule has 4 N–H and O–H groups in total. The molecule has 8 nitrogen and oxygen atoms in total. The molecule has 1 atom stereocenters. The molecule has 0 fully saturated rings. The van der Waals surface area contributed by atoms with Gasteiger partial charge in [-0.1, -0.05) is 0 Å². The molecule has 0 bridgehead atoms. The third-order valence-electron chi connectivity index (χ3n) is 2.24. The summed E-state index contributed by atoms with van der Waals surface area (Å²) in [6, 6.07) is -2.01. The molecule has 1 unspecified atom stereocenters. The van der Waals surface area contributed by atoms with Gasteiger partial charge in [0.1, 0.15) is 6.04 Å². The average Bonchev–Trinajstić information content (AvgIpc) is 2.27. The van der Waals surface area contributed by atoms with Crippen LogP contribution < -0.4 is 10.6 Å². The lowest BCUT2D eigenvalue weighted by Crippen LogP contribution is -2.47. The van der Waals surface area contributed by atoms with Crippen LogP contribution in [0.1, 0.15) is 12.8 Å². The fourth-order valence-corrected chi connectivity index (χ4v) is 1.23. The molecule has 8 heteroatoms. The number of carbonyl (C=O) groups is 3. The van der Waals surface area contributed by atoms with Gasteiger partial charge in [-0.3, -0.25) is 4.79 Å². The largest absolute Gasteiger partial charge is 0.481 e. The van der Waals surface area contributed by atoms with Gasteiger partial charge in [0.05, 0.1) is 6.42 Å². The molecule has 0 saturated carbocycles. The Morgan fingerprint density at radius 3 is 2.33 bits per heavy atom. The van der Waals surface area contributed by atoms with Gasteiger partial charge in [-0.25, -0.2) is 9.59 Å². The van der Waals surface area contributed by atoms with E-state index in [-0.39, 0.29) is 0 Å². The van der Waals surface area contributed by atoms with Gasteiger partial charge < -0.3 is 25.7 Å². The smallest absolute Gasteiger partial charge is 0.326 e. The first-order valence-electron chi connectivity index (χ1n) is 5.49. The number of nitrogens with zero attached hydrogens (tertiary/aromatic N) is 1. The molecular formula is C10H19N3O5. The maximum atomic E-state index is 11.6. The highest BCUT2D eigenvalue weighted by molar-refractivity contribution is 5.86. The molecule has 0 aliphatic rings. The number of carboxylic acid groups (broad SMARTS) is 2. The Hall–Kier alpha value is -1.83. The third-order valence-corrected chi connectivity index (χ3v) is 2.24. The van der Waals surface area contributed by atoms with Crippen molar-refractivity contribution in [3.8, 4) is 0 Å². The minimum Gasteiger partial charge on any atom is -0.481 e. The van der Waals surface area contributed by atoms with Crippen molar-refractivity contribution in [2.75, 3.05) is 27.2 Å². The summed E-state index contributed by atoms with van der Waals surface area (Å²) in [4.78, 5) is 34.1. The summed E-state index contributed by atoms with van der Waals surface area (Å²) in [6.45, 7) is 1.18. The molecular weight excluding hydrogens is 242 g/mol. The van der Waals surface area contributed by atoms with Crippen LogP contribution >= 0.6 is 0 Å². The second kappa shape index (κ2) is 8.29. The number of carbonyl (C=O) groups excluding carboxylic acids is 1. The second-order valence-corrected chi connectivity index (χ2v) is 3.82. The Balaban J connectivity index is 4.23. The zero-order chi connectivity index (χ0) is 14.1. The predicted octanol–water partition coefficient (Wildman–Crippen LogP) is -0.835. The van der Waals surface area contributed by atoms with E-state index in [0.29, 0.717) is 6.54 Å². The van der Waals surface area contributed by atoms with Crippen LogP contribution in [0.3, 0.4) is 0 Å². The molecule has 0 aromatic heterocycles. The second-order valence-electron chi connectivity index (χ2n) is 3.82. The van der Waals surface area contributed by atoms with Gasteiger partial charge in [0.15, 0.2) is 0 Å². The van der Waals surface area contributed by atoms with Gasteiger partial charge >= 0.3 is 18.0 Å². The lowest BCUT2D eigenvalue weighted by atomic mass is 10.2. The van der Waals surface area contributed by atoms with Crippen LogP contribution in [0.2, 0.25) is 0 Å². The van der Waals surface area contributed by atoms with E-state index < -0.39 is 30.4 Å². The van der Waals surface area contributed by atoms with Crippen molar-refractivity contribution in [3.05, 3.63) is 0 Å². The molecule has 0 aliphatic heterocycles. The fourth-order valence-electron chi connectivity index (χ4n) is 1.23. The average molecular weight is 261 g/mol. The van der Waals surface area contributed by atoms with Crippen molar-refractivity contribution in [2.24, 2.45) is 0 Å². The SMILES string of the molecule is CNCCCN(C)C(=O)NC(CC(=O)O)C(=O)O. The van der Waals surface area contributed by atoms with Crippen LogP contribution in [0.4, 0.5) is 4.79 Å². The summed E-state index contributed by atoms with van der Waals surface area (Å²) >= 11 is 0. The van der Waals surface area contributed by atoms with E-state index in [1.165, 1.54) is 11.9 Å². The minimum atomic E-state index is -1.42. The number of amides is 2. The van der Waals surface area contributed by atoms with E-state index in [1.54, 1.807) is 7.05 Å². The monoisotopic (exact) mass is 261 g/mol. The molecule has 0 aromatic carbocycles. The molecule has 0 radical (unpaired) electrons. The summed E-state index contributed by atoms with van der Waals surface area (Å²) in [5.74, 6) is -2.64. The van der Waals surface area contributed by atoms with Crippen molar-refractivity contribution in [2.45, 2.75) is 18.9 Å². The van der Waals surface area contributed by atoms with Gasteiger partial charge in [-0.2, -0.15) is 0 Å². The number of hydrogen-bond acceptors (Lipinski definition) is 4. The Labute approximate surface area is 105 Å². The third kappa shape index (κ3) is 6.69. The molecule has 0 heterocycles. The number of urea groups is 1. The lowest BCUT2D eigenvalue weighted by Gasteiger charge is -2.20. The molecule has 104 valence electrons. The topological polar surface area (TPSA) is 119 Å². The highest BCUT2D eigenvalue weighted by Crippen LogP contribution is 1.96. The molecule has 0 aromatic rings. The van der Waals surface area contributed by atoms with E-state index in [4.69, 9.17) is 10.2 Å². The first-order valence-corrected chi connectivity index (χ1v) is 5.49. The normalized spacial score (nSPS) is 11.7. The maximum absolute atomic E-state index is 11.6. The molecule has 0 spiro atoms. The van der Waals surface area contributed by atoms with Crippen LogP contribution in [-0.2, 0) is 9.59 Å². The van der Waals surface area contributed by atoms with Crippen molar-refractivity contribution in [3.63, 3.8) is 0 Å². The van der Waals surface area contributed by atoms with Crippen LogP contribution in [-0.4, -0.2) is 66.3 Å². The fraction of sp³-hybridized carbons (Fsp3) is 0.700. The standard InChI is InChI=1S/C10H19N3O5/c1-11-4-3-5-13(2)10(18)12-7(9(16)17)6-8(14)15/h7,11H,3-6H2,1-2H3,(H,12,18)(H,14,15)(H,16,17). The van der Waals surface area contributed by atoms with Gasteiger partial charge in [-0.05, 0) is 20.0 Å². The molecule has 0 saturated heterocycles. The van der Waals surface area contributed by atoms with Crippen molar-refractivity contribution in [1.82, 2.24) is 15.5 Å². The summed E-state index contributed by atoms with van der Waals surface area (Å²) in [7, 11) is 3.30. The maximum Gasteiger partial charge on any atom is 0.326 e. The number of carboxylic acids is 2. The quantitative estimate of drug-likeness (QED) is 0.423. The van der Waals surface area contributed by atoms with Gasteiger partial charge in [0.2, 0.25) is 0 Å². The summed E-state index contributed by atoms with van der Waals surface area (Å²) in [5.41, 5.74) is 0. The molecule has 2 amide bonds. The van der Waals surface area contributed by atoms with Crippen molar-refractivity contribution in [1.29, 1.82) is 0 Å². The van der Waals surface area contributed by atoms with E-state index in [2.05, 4.69) is 10.6 Å². The van der Waals surface area contributed by atoms with E-state index in [9.17, 15) is 14.4 Å². The van der Waals surface area contributed by atoms with E-state index in [1.807, 2.05) is 0 Å². The first kappa shape index (κ1) is 16.2. The van der Waals surface area contributed by atoms with Gasteiger partial charge in [0, 0.05) is 13.6 Å².